The lowest BCUT2D eigenvalue weighted by atomic mass is 9.89. The van der Waals surface area contributed by atoms with E-state index in [-0.39, 0.29) is 4.71 Å². The van der Waals surface area contributed by atoms with E-state index in [2.05, 4.69) is 76.4 Å². The van der Waals surface area contributed by atoms with Gasteiger partial charge in [-0.15, -0.1) is 25.3 Å². The molecule has 1 heterocycles. The minimum atomic E-state index is 0.0568. The number of thiol groups is 2. The van der Waals surface area contributed by atoms with Crippen molar-refractivity contribution in [1.82, 2.24) is 4.90 Å². The highest BCUT2D eigenvalue weighted by molar-refractivity contribution is 7.99. The van der Waals surface area contributed by atoms with Gasteiger partial charge in [-0.3, -0.25) is 9.89 Å². The summed E-state index contributed by atoms with van der Waals surface area (Å²) in [6.07, 6.45) is 4.27. The van der Waals surface area contributed by atoms with Crippen molar-refractivity contribution in [2.45, 2.75) is 23.5 Å². The maximum atomic E-state index is 4.58. The normalized spacial score (nSPS) is 16.5. The van der Waals surface area contributed by atoms with Gasteiger partial charge in [0.05, 0.1) is 10.4 Å². The predicted molar refractivity (Wildman–Crippen MR) is 120 cm³/mol. The molecule has 1 fully saturated rings. The lowest BCUT2D eigenvalue weighted by Gasteiger charge is -2.33. The number of anilines is 1. The summed E-state index contributed by atoms with van der Waals surface area (Å²) in [5.41, 5.74) is 4.71. The summed E-state index contributed by atoms with van der Waals surface area (Å²) < 4.78 is 0.0568. The highest BCUT2D eigenvalue weighted by Gasteiger charge is 2.22. The number of aliphatic imine (C=N–C) groups is 1. The van der Waals surface area contributed by atoms with E-state index in [1.807, 2.05) is 32.4 Å². The number of rotatable bonds is 5. The second kappa shape index (κ2) is 8.98. The van der Waals surface area contributed by atoms with E-state index in [0.29, 0.717) is 5.92 Å². The van der Waals surface area contributed by atoms with Crippen LogP contribution in [0.25, 0.3) is 0 Å². The first-order chi connectivity index (χ1) is 12.5. The van der Waals surface area contributed by atoms with Crippen LogP contribution in [0.2, 0.25) is 0 Å². The Morgan fingerprint density at radius 1 is 1.00 bits per heavy atom. The van der Waals surface area contributed by atoms with E-state index in [1.54, 1.807) is 0 Å². The summed E-state index contributed by atoms with van der Waals surface area (Å²) in [7, 11) is 4.08. The SMILES string of the molecule is CN(C)c1ccc(N=Cc2ccc(C3CCN(C(S)S)CC3)cc2)cc1. The summed E-state index contributed by atoms with van der Waals surface area (Å²) >= 11 is 8.83. The van der Waals surface area contributed by atoms with Crippen LogP contribution in [0.3, 0.4) is 0 Å². The lowest BCUT2D eigenvalue weighted by molar-refractivity contribution is 0.235. The zero-order valence-corrected chi connectivity index (χ0v) is 17.2. The Morgan fingerprint density at radius 3 is 2.15 bits per heavy atom. The van der Waals surface area contributed by atoms with Crippen molar-refractivity contribution in [3.63, 3.8) is 0 Å². The van der Waals surface area contributed by atoms with Crippen LogP contribution in [-0.2, 0) is 0 Å². The van der Waals surface area contributed by atoms with Gasteiger partial charge in [-0.2, -0.15) is 0 Å². The zero-order chi connectivity index (χ0) is 18.5. The van der Waals surface area contributed by atoms with E-state index in [9.17, 15) is 0 Å². The minimum absolute atomic E-state index is 0.0568. The Bertz CT molecular complexity index is 716. The maximum absolute atomic E-state index is 4.58. The molecule has 0 radical (unpaired) electrons. The lowest BCUT2D eigenvalue weighted by Crippen LogP contribution is -2.35. The molecule has 138 valence electrons. The number of piperidine rings is 1. The summed E-state index contributed by atoms with van der Waals surface area (Å²) in [6, 6.07) is 17.1. The molecule has 0 bridgehead atoms. The van der Waals surface area contributed by atoms with Crippen LogP contribution >= 0.6 is 25.3 Å². The number of hydrogen-bond acceptors (Lipinski definition) is 5. The Hall–Kier alpha value is -1.43. The first-order valence-corrected chi connectivity index (χ1v) is 10.1. The quantitative estimate of drug-likeness (QED) is 0.437. The standard InChI is InChI=1S/C21H27N3S2/c1-23(2)20-9-7-19(8-10-20)22-15-16-3-5-17(6-4-16)18-11-13-24(14-12-18)21(25)26/h3-10,15,18,21,25-26H,11-14H2,1-2H3. The zero-order valence-electron chi connectivity index (χ0n) is 15.4. The molecule has 0 atom stereocenters. The summed E-state index contributed by atoms with van der Waals surface area (Å²) in [4.78, 5) is 8.98. The fraction of sp³-hybridized carbons (Fsp3) is 0.381. The van der Waals surface area contributed by atoms with Gasteiger partial charge in [-0.05, 0) is 54.2 Å². The van der Waals surface area contributed by atoms with Gasteiger partial charge in [0.15, 0.2) is 0 Å². The van der Waals surface area contributed by atoms with Crippen molar-refractivity contribution < 1.29 is 0 Å². The number of nitrogens with zero attached hydrogens (tertiary/aromatic N) is 3. The van der Waals surface area contributed by atoms with Crippen LogP contribution in [0.4, 0.5) is 11.4 Å². The predicted octanol–water partition coefficient (Wildman–Crippen LogP) is 4.83. The van der Waals surface area contributed by atoms with Gasteiger partial charge in [-0.25, -0.2) is 0 Å². The van der Waals surface area contributed by atoms with Gasteiger partial charge in [0.1, 0.15) is 0 Å². The molecule has 2 aromatic rings. The van der Waals surface area contributed by atoms with Crippen LogP contribution < -0.4 is 4.90 Å². The van der Waals surface area contributed by atoms with E-state index in [4.69, 9.17) is 0 Å². The topological polar surface area (TPSA) is 18.8 Å². The van der Waals surface area contributed by atoms with Crippen molar-refractivity contribution in [3.05, 3.63) is 59.7 Å². The molecular formula is C21H27N3S2. The third-order valence-corrected chi connectivity index (χ3v) is 5.65. The first-order valence-electron chi connectivity index (χ1n) is 9.04. The molecule has 5 heteroatoms. The fourth-order valence-corrected chi connectivity index (χ4v) is 3.77. The Kier molecular flexibility index (Phi) is 6.68. The van der Waals surface area contributed by atoms with E-state index in [1.165, 1.54) is 24.1 Å². The Morgan fingerprint density at radius 2 is 1.62 bits per heavy atom. The molecule has 1 aliphatic heterocycles. The van der Waals surface area contributed by atoms with Crippen LogP contribution in [0.1, 0.15) is 29.9 Å². The molecule has 3 rings (SSSR count). The average Bonchev–Trinajstić information content (AvgIpc) is 2.67. The minimum Gasteiger partial charge on any atom is -0.378 e. The van der Waals surface area contributed by atoms with Crippen molar-refractivity contribution in [2.24, 2.45) is 4.99 Å². The fourth-order valence-electron chi connectivity index (χ4n) is 3.30. The summed E-state index contributed by atoms with van der Waals surface area (Å²) in [5.74, 6) is 0.635. The Balaban J connectivity index is 1.59. The van der Waals surface area contributed by atoms with Gasteiger partial charge in [0.25, 0.3) is 0 Å². The largest absolute Gasteiger partial charge is 0.378 e. The van der Waals surface area contributed by atoms with Crippen molar-refractivity contribution >= 4 is 42.8 Å². The monoisotopic (exact) mass is 385 g/mol. The number of benzene rings is 2. The summed E-state index contributed by atoms with van der Waals surface area (Å²) in [5, 5.41) is 0. The highest BCUT2D eigenvalue weighted by atomic mass is 32.2. The van der Waals surface area contributed by atoms with Crippen molar-refractivity contribution in [2.75, 3.05) is 32.1 Å². The molecule has 0 saturated carbocycles. The smallest absolute Gasteiger partial charge is 0.0969 e. The number of likely N-dealkylation sites (tertiary alicyclic amines) is 1. The maximum Gasteiger partial charge on any atom is 0.0969 e. The van der Waals surface area contributed by atoms with Crippen LogP contribution in [0.15, 0.2) is 53.5 Å². The van der Waals surface area contributed by atoms with Gasteiger partial charge in [-0.1, -0.05) is 24.3 Å². The van der Waals surface area contributed by atoms with Gasteiger partial charge < -0.3 is 4.90 Å². The number of hydrogen-bond donors (Lipinski definition) is 2. The van der Waals surface area contributed by atoms with Gasteiger partial charge in [0.2, 0.25) is 0 Å². The summed E-state index contributed by atoms with van der Waals surface area (Å²) in [6.45, 7) is 2.13. The van der Waals surface area contributed by atoms with Crippen LogP contribution in [0, 0.1) is 0 Å². The molecule has 0 unspecified atom stereocenters. The molecule has 0 aliphatic carbocycles. The van der Waals surface area contributed by atoms with E-state index in [0.717, 1.165) is 24.3 Å². The average molecular weight is 386 g/mol. The molecule has 1 saturated heterocycles. The van der Waals surface area contributed by atoms with E-state index >= 15 is 0 Å². The third kappa shape index (κ3) is 5.06. The molecule has 0 aromatic heterocycles. The molecule has 1 aliphatic rings. The molecular weight excluding hydrogens is 358 g/mol. The second-order valence-corrected chi connectivity index (χ2v) is 8.38. The van der Waals surface area contributed by atoms with Crippen LogP contribution in [-0.4, -0.2) is 43.0 Å². The van der Waals surface area contributed by atoms with Crippen LogP contribution in [0.5, 0.6) is 0 Å². The van der Waals surface area contributed by atoms with Crippen molar-refractivity contribution in [1.29, 1.82) is 0 Å². The molecule has 2 aromatic carbocycles. The third-order valence-electron chi connectivity index (χ3n) is 4.99. The van der Waals surface area contributed by atoms with Gasteiger partial charge in [0, 0.05) is 39.1 Å². The second-order valence-electron chi connectivity index (χ2n) is 6.99. The Labute approximate surface area is 167 Å². The molecule has 0 amide bonds. The molecule has 3 nitrogen and oxygen atoms in total. The first kappa shape index (κ1) is 19.3. The van der Waals surface area contributed by atoms with Crippen molar-refractivity contribution in [3.8, 4) is 0 Å². The highest BCUT2D eigenvalue weighted by Crippen LogP contribution is 2.30. The van der Waals surface area contributed by atoms with E-state index < -0.39 is 0 Å². The molecule has 0 N–H and O–H groups in total. The van der Waals surface area contributed by atoms with Gasteiger partial charge >= 0.3 is 0 Å². The molecule has 26 heavy (non-hydrogen) atoms. The molecule has 0 spiro atoms.